The maximum absolute atomic E-state index is 12.0. The smallest absolute Gasteiger partial charge is 0.253 e. The second kappa shape index (κ2) is 7.79. The predicted molar refractivity (Wildman–Crippen MR) is 80.3 cm³/mol. The number of nitrogens with two attached hydrogens (primary N) is 1. The monoisotopic (exact) mass is 263 g/mol. The zero-order valence-electron chi connectivity index (χ0n) is 12.2. The Morgan fingerprint density at radius 1 is 1.32 bits per heavy atom. The van der Waals surface area contributed by atoms with Crippen LogP contribution in [0.2, 0.25) is 0 Å². The van der Waals surface area contributed by atoms with E-state index in [1.165, 1.54) is 0 Å². The third-order valence-electron chi connectivity index (χ3n) is 3.27. The molecule has 1 aromatic carbocycles. The van der Waals surface area contributed by atoms with E-state index in [-0.39, 0.29) is 5.91 Å². The number of rotatable bonds is 7. The van der Waals surface area contributed by atoms with Gasteiger partial charge in [0.05, 0.1) is 5.56 Å². The van der Waals surface area contributed by atoms with Crippen LogP contribution >= 0.6 is 0 Å². The lowest BCUT2D eigenvalue weighted by Crippen LogP contribution is -2.35. The molecule has 0 aliphatic heterocycles. The van der Waals surface area contributed by atoms with Crippen LogP contribution in [-0.2, 0) is 0 Å². The number of nitrogens with zero attached hydrogens (tertiary/aromatic N) is 1. The number of hydrogen-bond donors (Lipinski definition) is 2. The number of nitrogens with one attached hydrogen (secondary N) is 1. The van der Waals surface area contributed by atoms with Crippen LogP contribution in [0.1, 0.15) is 36.2 Å². The number of benzene rings is 1. The maximum atomic E-state index is 12.0. The Bertz CT molecular complexity index is 418. The number of hydrogen-bond acceptors (Lipinski definition) is 3. The zero-order valence-corrected chi connectivity index (χ0v) is 12.2. The Morgan fingerprint density at radius 2 is 2.05 bits per heavy atom. The van der Waals surface area contributed by atoms with Gasteiger partial charge >= 0.3 is 0 Å². The van der Waals surface area contributed by atoms with E-state index in [1.54, 1.807) is 6.07 Å². The van der Waals surface area contributed by atoms with Crippen molar-refractivity contribution in [2.45, 2.75) is 27.2 Å². The van der Waals surface area contributed by atoms with Crippen molar-refractivity contribution in [3.8, 4) is 0 Å². The summed E-state index contributed by atoms with van der Waals surface area (Å²) in [6, 6.07) is 5.53. The van der Waals surface area contributed by atoms with Crippen LogP contribution in [0.4, 0.5) is 5.69 Å². The highest BCUT2D eigenvalue weighted by Crippen LogP contribution is 2.15. The molecule has 0 bridgehead atoms. The van der Waals surface area contributed by atoms with Gasteiger partial charge in [-0.2, -0.15) is 0 Å². The van der Waals surface area contributed by atoms with Crippen LogP contribution < -0.4 is 11.1 Å². The molecule has 0 spiro atoms. The van der Waals surface area contributed by atoms with Crippen molar-refractivity contribution in [1.82, 2.24) is 10.2 Å². The van der Waals surface area contributed by atoms with Gasteiger partial charge in [0.2, 0.25) is 0 Å². The first kappa shape index (κ1) is 15.5. The average molecular weight is 263 g/mol. The van der Waals surface area contributed by atoms with Gasteiger partial charge in [0, 0.05) is 18.8 Å². The lowest BCUT2D eigenvalue weighted by atomic mass is 10.1. The molecule has 19 heavy (non-hydrogen) atoms. The summed E-state index contributed by atoms with van der Waals surface area (Å²) in [5.74, 6) is -0.0891. The largest absolute Gasteiger partial charge is 0.398 e. The fraction of sp³-hybridized carbons (Fsp3) is 0.533. The average Bonchev–Trinajstić information content (AvgIpc) is 2.40. The molecule has 1 amide bonds. The molecule has 0 atom stereocenters. The molecular weight excluding hydrogens is 238 g/mol. The van der Waals surface area contributed by atoms with Crippen molar-refractivity contribution >= 4 is 11.6 Å². The van der Waals surface area contributed by atoms with E-state index >= 15 is 0 Å². The standard InChI is InChI=1S/C15H25N3O/c1-4-10-18(5-2)11-9-17-15(19)13-8-6-7-12(3)14(13)16/h6-8H,4-5,9-11,16H2,1-3H3,(H,17,19). The topological polar surface area (TPSA) is 58.4 Å². The van der Waals surface area contributed by atoms with Crippen molar-refractivity contribution in [2.24, 2.45) is 0 Å². The van der Waals surface area contributed by atoms with Crippen molar-refractivity contribution in [3.05, 3.63) is 29.3 Å². The molecule has 0 radical (unpaired) electrons. The van der Waals surface area contributed by atoms with E-state index in [4.69, 9.17) is 5.73 Å². The third-order valence-corrected chi connectivity index (χ3v) is 3.27. The molecule has 0 aromatic heterocycles. The molecule has 4 nitrogen and oxygen atoms in total. The number of nitrogen functional groups attached to an aromatic ring is 1. The lowest BCUT2D eigenvalue weighted by Gasteiger charge is -2.19. The molecule has 0 aliphatic carbocycles. The Hall–Kier alpha value is -1.55. The van der Waals surface area contributed by atoms with Gasteiger partial charge in [-0.15, -0.1) is 0 Å². The number of para-hydroxylation sites is 1. The molecule has 0 aliphatic rings. The highest BCUT2D eigenvalue weighted by Gasteiger charge is 2.10. The van der Waals surface area contributed by atoms with Gasteiger partial charge in [-0.05, 0) is 38.1 Å². The maximum Gasteiger partial charge on any atom is 0.253 e. The van der Waals surface area contributed by atoms with E-state index in [1.807, 2.05) is 19.1 Å². The molecule has 3 N–H and O–H groups in total. The lowest BCUT2D eigenvalue weighted by molar-refractivity contribution is 0.0949. The van der Waals surface area contributed by atoms with Gasteiger partial charge in [0.15, 0.2) is 0 Å². The minimum atomic E-state index is -0.0891. The molecule has 1 rings (SSSR count). The molecule has 0 saturated heterocycles. The Labute approximate surface area is 116 Å². The first-order valence-corrected chi connectivity index (χ1v) is 6.95. The van der Waals surface area contributed by atoms with E-state index in [0.717, 1.165) is 31.6 Å². The predicted octanol–water partition coefficient (Wildman–Crippen LogP) is 2.04. The number of amides is 1. The third kappa shape index (κ3) is 4.56. The summed E-state index contributed by atoms with van der Waals surface area (Å²) in [6.07, 6.45) is 1.13. The van der Waals surface area contributed by atoms with Crippen molar-refractivity contribution in [1.29, 1.82) is 0 Å². The zero-order chi connectivity index (χ0) is 14.3. The van der Waals surface area contributed by atoms with Crippen LogP contribution in [0.25, 0.3) is 0 Å². The summed E-state index contributed by atoms with van der Waals surface area (Å²) in [7, 11) is 0. The fourth-order valence-electron chi connectivity index (χ4n) is 2.05. The molecule has 0 fully saturated rings. The second-order valence-electron chi connectivity index (χ2n) is 4.73. The number of anilines is 1. The van der Waals surface area contributed by atoms with Gasteiger partial charge in [0.1, 0.15) is 0 Å². The van der Waals surface area contributed by atoms with Crippen LogP contribution in [0, 0.1) is 6.92 Å². The van der Waals surface area contributed by atoms with Crippen LogP contribution in [0.15, 0.2) is 18.2 Å². The van der Waals surface area contributed by atoms with Crippen molar-refractivity contribution in [3.63, 3.8) is 0 Å². The highest BCUT2D eigenvalue weighted by atomic mass is 16.1. The minimum Gasteiger partial charge on any atom is -0.398 e. The van der Waals surface area contributed by atoms with E-state index in [2.05, 4.69) is 24.1 Å². The van der Waals surface area contributed by atoms with Crippen LogP contribution in [-0.4, -0.2) is 37.0 Å². The summed E-state index contributed by atoms with van der Waals surface area (Å²) in [4.78, 5) is 14.4. The number of carbonyl (C=O) groups excluding carboxylic acids is 1. The molecule has 4 heteroatoms. The normalized spacial score (nSPS) is 10.7. The first-order chi connectivity index (χ1) is 9.10. The first-order valence-electron chi connectivity index (χ1n) is 6.95. The Balaban J connectivity index is 2.49. The molecule has 0 heterocycles. The van der Waals surface area contributed by atoms with Gasteiger partial charge in [-0.1, -0.05) is 26.0 Å². The molecular formula is C15H25N3O. The Morgan fingerprint density at radius 3 is 2.68 bits per heavy atom. The van der Waals surface area contributed by atoms with Crippen LogP contribution in [0.3, 0.4) is 0 Å². The van der Waals surface area contributed by atoms with E-state index < -0.39 is 0 Å². The quantitative estimate of drug-likeness (QED) is 0.740. The molecule has 106 valence electrons. The summed E-state index contributed by atoms with van der Waals surface area (Å²) >= 11 is 0. The van der Waals surface area contributed by atoms with E-state index in [0.29, 0.717) is 17.8 Å². The molecule has 1 aromatic rings. The van der Waals surface area contributed by atoms with Gasteiger partial charge in [0.25, 0.3) is 5.91 Å². The number of likely N-dealkylation sites (N-methyl/N-ethyl adjacent to an activating group) is 1. The van der Waals surface area contributed by atoms with Crippen LogP contribution in [0.5, 0.6) is 0 Å². The van der Waals surface area contributed by atoms with Gasteiger partial charge in [-0.25, -0.2) is 0 Å². The summed E-state index contributed by atoms with van der Waals surface area (Å²) in [5.41, 5.74) is 7.99. The second-order valence-corrected chi connectivity index (χ2v) is 4.73. The van der Waals surface area contributed by atoms with Gasteiger partial charge in [-0.3, -0.25) is 4.79 Å². The molecule has 0 saturated carbocycles. The molecule has 0 unspecified atom stereocenters. The van der Waals surface area contributed by atoms with Crippen molar-refractivity contribution in [2.75, 3.05) is 31.9 Å². The SMILES string of the molecule is CCCN(CC)CCNC(=O)c1cccc(C)c1N. The summed E-state index contributed by atoms with van der Waals surface area (Å²) in [5, 5.41) is 2.93. The number of aryl methyl sites for hydroxylation is 1. The van der Waals surface area contributed by atoms with Gasteiger partial charge < -0.3 is 16.0 Å². The van der Waals surface area contributed by atoms with Crippen molar-refractivity contribution < 1.29 is 4.79 Å². The highest BCUT2D eigenvalue weighted by molar-refractivity contribution is 5.99. The number of carbonyl (C=O) groups is 1. The summed E-state index contributed by atoms with van der Waals surface area (Å²) in [6.45, 7) is 9.81. The Kier molecular flexibility index (Phi) is 6.36. The fourth-order valence-corrected chi connectivity index (χ4v) is 2.05. The van der Waals surface area contributed by atoms with E-state index in [9.17, 15) is 4.79 Å². The minimum absolute atomic E-state index is 0.0891. The summed E-state index contributed by atoms with van der Waals surface area (Å²) < 4.78 is 0.